The summed E-state index contributed by atoms with van der Waals surface area (Å²) in [6.07, 6.45) is 0.836. The number of ether oxygens (including phenoxy) is 1. The van der Waals surface area contributed by atoms with E-state index in [0.29, 0.717) is 13.2 Å². The lowest BCUT2D eigenvalue weighted by Gasteiger charge is -2.09. The standard InChI is InChI=1S/C7H17O3Si/c1-11(2,9)7-3-5-10-6-4-8/h8H,3-7H2,1-2H3. The molecule has 67 valence electrons. The van der Waals surface area contributed by atoms with E-state index in [-0.39, 0.29) is 6.61 Å². The minimum atomic E-state index is -2.11. The third-order valence-corrected chi connectivity index (χ3v) is 2.86. The maximum atomic E-state index is 11.2. The molecule has 1 N–H and O–H groups in total. The Kier molecular flexibility index (Phi) is 5.76. The molecule has 0 bridgehead atoms. The molecule has 0 aromatic rings. The fourth-order valence-electron chi connectivity index (χ4n) is 0.767. The van der Waals surface area contributed by atoms with Crippen LogP contribution in [0.15, 0.2) is 0 Å². The number of hydrogen-bond acceptors (Lipinski definition) is 2. The highest BCUT2D eigenvalue weighted by Crippen LogP contribution is 2.07. The molecule has 0 unspecified atom stereocenters. The molecule has 0 aliphatic carbocycles. The van der Waals surface area contributed by atoms with Crippen LogP contribution in [0.2, 0.25) is 19.1 Å². The van der Waals surface area contributed by atoms with Gasteiger partial charge in [-0.2, -0.15) is 0 Å². The summed E-state index contributed by atoms with van der Waals surface area (Å²) in [6.45, 7) is 4.68. The van der Waals surface area contributed by atoms with Gasteiger partial charge >= 0.3 is 0 Å². The first kappa shape index (κ1) is 11.1. The van der Waals surface area contributed by atoms with E-state index in [4.69, 9.17) is 9.84 Å². The Hall–Kier alpha value is 0.0969. The summed E-state index contributed by atoms with van der Waals surface area (Å²) in [5.41, 5.74) is 0. The van der Waals surface area contributed by atoms with Crippen LogP contribution in [-0.4, -0.2) is 33.2 Å². The number of aliphatic hydroxyl groups excluding tert-OH is 1. The molecule has 0 amide bonds. The molecule has 0 atom stereocenters. The minimum Gasteiger partial charge on any atom is -0.394 e. The van der Waals surface area contributed by atoms with Crippen molar-refractivity contribution in [2.45, 2.75) is 25.6 Å². The lowest BCUT2D eigenvalue weighted by Crippen LogP contribution is -2.22. The van der Waals surface area contributed by atoms with Crippen LogP contribution in [0.1, 0.15) is 6.42 Å². The predicted octanol–water partition coefficient (Wildman–Crippen LogP) is 1.02. The monoisotopic (exact) mass is 177 g/mol. The zero-order valence-corrected chi connectivity index (χ0v) is 8.30. The van der Waals surface area contributed by atoms with Crippen LogP contribution in [0.25, 0.3) is 0 Å². The van der Waals surface area contributed by atoms with Crippen molar-refractivity contribution in [1.29, 1.82) is 0 Å². The van der Waals surface area contributed by atoms with Crippen molar-refractivity contribution >= 4 is 8.32 Å². The van der Waals surface area contributed by atoms with Crippen molar-refractivity contribution in [3.05, 3.63) is 0 Å². The van der Waals surface area contributed by atoms with Crippen molar-refractivity contribution in [2.24, 2.45) is 0 Å². The van der Waals surface area contributed by atoms with E-state index in [1.165, 1.54) is 0 Å². The SMILES string of the molecule is C[Si](C)([O])CCCOCCO. The molecule has 4 heteroatoms. The van der Waals surface area contributed by atoms with Crippen LogP contribution in [0.5, 0.6) is 0 Å². The van der Waals surface area contributed by atoms with E-state index in [1.807, 2.05) is 0 Å². The average Bonchev–Trinajstić information content (AvgIpc) is 1.85. The Morgan fingerprint density at radius 2 is 2.00 bits per heavy atom. The fraction of sp³-hybridized carbons (Fsp3) is 1.00. The Morgan fingerprint density at radius 1 is 1.36 bits per heavy atom. The van der Waals surface area contributed by atoms with Gasteiger partial charge in [0.15, 0.2) is 0 Å². The minimum absolute atomic E-state index is 0.0677. The molecule has 0 heterocycles. The van der Waals surface area contributed by atoms with Gasteiger partial charge in [0.25, 0.3) is 0 Å². The summed E-state index contributed by atoms with van der Waals surface area (Å²) in [6, 6.07) is 0.762. The molecule has 0 saturated carbocycles. The van der Waals surface area contributed by atoms with Gasteiger partial charge in [-0.3, -0.25) is 4.80 Å². The van der Waals surface area contributed by atoms with E-state index in [0.717, 1.165) is 12.5 Å². The molecule has 1 radical (unpaired) electrons. The molecule has 0 spiro atoms. The first-order chi connectivity index (χ1) is 5.06. The summed E-state index contributed by atoms with van der Waals surface area (Å²) in [4.78, 5) is 11.2. The smallest absolute Gasteiger partial charge is 0.231 e. The lowest BCUT2D eigenvalue weighted by molar-refractivity contribution is 0.0922. The Morgan fingerprint density at radius 3 is 2.45 bits per heavy atom. The largest absolute Gasteiger partial charge is 0.394 e. The molecule has 0 aliphatic heterocycles. The van der Waals surface area contributed by atoms with Gasteiger partial charge in [-0.25, -0.2) is 0 Å². The number of rotatable bonds is 6. The molecule has 3 nitrogen and oxygen atoms in total. The molecule has 0 aromatic heterocycles. The molecular weight excluding hydrogens is 160 g/mol. The topological polar surface area (TPSA) is 49.4 Å². The third kappa shape index (κ3) is 10.1. The van der Waals surface area contributed by atoms with Crippen molar-refractivity contribution in [2.75, 3.05) is 19.8 Å². The number of aliphatic hydroxyl groups is 1. The van der Waals surface area contributed by atoms with Crippen LogP contribution in [0, 0.1) is 0 Å². The van der Waals surface area contributed by atoms with Gasteiger partial charge in [0.1, 0.15) is 0 Å². The second kappa shape index (κ2) is 5.71. The first-order valence-electron chi connectivity index (χ1n) is 3.95. The zero-order chi connectivity index (χ0) is 8.74. The van der Waals surface area contributed by atoms with Crippen LogP contribution < -0.4 is 0 Å². The second-order valence-electron chi connectivity index (χ2n) is 3.20. The predicted molar refractivity (Wildman–Crippen MR) is 45.5 cm³/mol. The van der Waals surface area contributed by atoms with Gasteiger partial charge in [-0.1, -0.05) is 0 Å². The van der Waals surface area contributed by atoms with E-state index in [1.54, 1.807) is 13.1 Å². The zero-order valence-electron chi connectivity index (χ0n) is 7.30. The summed E-state index contributed by atoms with van der Waals surface area (Å²) in [5, 5.41) is 8.35. The summed E-state index contributed by atoms with van der Waals surface area (Å²) < 4.78 is 5.01. The quantitative estimate of drug-likeness (QED) is 0.486. The molecule has 0 fully saturated rings. The number of hydrogen-bond donors (Lipinski definition) is 1. The fourth-order valence-corrected chi connectivity index (χ4v) is 1.76. The Labute approximate surface area is 69.1 Å². The van der Waals surface area contributed by atoms with E-state index >= 15 is 0 Å². The van der Waals surface area contributed by atoms with Gasteiger partial charge in [-0.15, -0.1) is 0 Å². The van der Waals surface area contributed by atoms with Crippen LogP contribution in [0.4, 0.5) is 0 Å². The maximum Gasteiger partial charge on any atom is 0.231 e. The Balaban J connectivity index is 3.02. The average molecular weight is 177 g/mol. The van der Waals surface area contributed by atoms with Gasteiger partial charge in [0.2, 0.25) is 8.32 Å². The molecule has 0 aromatic carbocycles. The van der Waals surface area contributed by atoms with Gasteiger partial charge in [0.05, 0.1) is 13.2 Å². The van der Waals surface area contributed by atoms with Gasteiger partial charge in [-0.05, 0) is 25.6 Å². The second-order valence-corrected chi connectivity index (χ2v) is 7.22. The van der Waals surface area contributed by atoms with Crippen LogP contribution >= 0.6 is 0 Å². The molecule has 11 heavy (non-hydrogen) atoms. The van der Waals surface area contributed by atoms with Gasteiger partial charge < -0.3 is 9.84 Å². The highest BCUT2D eigenvalue weighted by Gasteiger charge is 2.18. The molecular formula is C7H17O3Si. The molecule has 0 rings (SSSR count). The van der Waals surface area contributed by atoms with E-state index in [9.17, 15) is 4.80 Å². The summed E-state index contributed by atoms with van der Waals surface area (Å²) in [7, 11) is -2.11. The van der Waals surface area contributed by atoms with Crippen molar-refractivity contribution in [3.63, 3.8) is 0 Å². The maximum absolute atomic E-state index is 11.2. The van der Waals surface area contributed by atoms with Crippen LogP contribution in [-0.2, 0) is 9.53 Å². The highest BCUT2D eigenvalue weighted by atomic mass is 28.4. The Bertz CT molecular complexity index is 90.2. The lowest BCUT2D eigenvalue weighted by atomic mass is 10.5. The highest BCUT2D eigenvalue weighted by molar-refractivity contribution is 6.69. The third-order valence-electron chi connectivity index (χ3n) is 1.30. The molecule has 0 aliphatic rings. The normalized spacial score (nSPS) is 12.0. The van der Waals surface area contributed by atoms with Crippen molar-refractivity contribution in [3.8, 4) is 0 Å². The van der Waals surface area contributed by atoms with Crippen molar-refractivity contribution in [1.82, 2.24) is 0 Å². The van der Waals surface area contributed by atoms with E-state index in [2.05, 4.69) is 0 Å². The summed E-state index contributed by atoms with van der Waals surface area (Å²) >= 11 is 0. The first-order valence-corrected chi connectivity index (χ1v) is 7.07. The van der Waals surface area contributed by atoms with Gasteiger partial charge in [0, 0.05) is 6.61 Å². The van der Waals surface area contributed by atoms with Crippen molar-refractivity contribution < 1.29 is 14.6 Å². The van der Waals surface area contributed by atoms with Crippen LogP contribution in [0.3, 0.4) is 0 Å². The summed E-state index contributed by atoms with van der Waals surface area (Å²) in [5.74, 6) is 0. The van der Waals surface area contributed by atoms with E-state index < -0.39 is 8.32 Å². The molecule has 0 saturated heterocycles.